The molecule has 0 bridgehead atoms. The molecule has 0 radical (unpaired) electrons. The number of amides is 1. The molecule has 2 N–H and O–H groups in total. The van der Waals surface area contributed by atoms with E-state index in [0.717, 1.165) is 30.7 Å². The molecule has 1 unspecified atom stereocenters. The van der Waals surface area contributed by atoms with E-state index in [2.05, 4.69) is 35.3 Å². The van der Waals surface area contributed by atoms with Crippen molar-refractivity contribution in [1.29, 1.82) is 0 Å². The number of anilines is 1. The highest BCUT2D eigenvalue weighted by atomic mass is 16.2. The lowest BCUT2D eigenvalue weighted by Crippen LogP contribution is -2.48. The van der Waals surface area contributed by atoms with E-state index in [1.807, 2.05) is 0 Å². The van der Waals surface area contributed by atoms with Crippen molar-refractivity contribution in [1.82, 2.24) is 35.0 Å². The first-order chi connectivity index (χ1) is 11.7. The number of aromatic nitrogens is 6. The summed E-state index contributed by atoms with van der Waals surface area (Å²) in [6.07, 6.45) is 6.82. The summed E-state index contributed by atoms with van der Waals surface area (Å²) in [5, 5.41) is 7.21. The fraction of sp³-hybridized carbons (Fsp3) is 0.400. The second kappa shape index (κ2) is 5.91. The fourth-order valence-corrected chi connectivity index (χ4v) is 3.07. The molecule has 0 aromatic carbocycles. The van der Waals surface area contributed by atoms with Crippen molar-refractivity contribution in [2.45, 2.75) is 18.9 Å². The number of nitrogens with one attached hydrogen (secondary N) is 2. The number of aromatic amines is 1. The molecule has 4 rings (SSSR count). The van der Waals surface area contributed by atoms with Crippen LogP contribution in [-0.2, 0) is 7.05 Å². The molecule has 1 fully saturated rings. The van der Waals surface area contributed by atoms with E-state index in [4.69, 9.17) is 0 Å². The molecule has 9 nitrogen and oxygen atoms in total. The van der Waals surface area contributed by atoms with Gasteiger partial charge in [-0.05, 0) is 18.9 Å². The molecular formula is C15H18N8O. The number of hydrogen-bond acceptors (Lipinski definition) is 6. The lowest BCUT2D eigenvalue weighted by molar-refractivity contribution is 0.0927. The minimum Gasteiger partial charge on any atom is -0.353 e. The van der Waals surface area contributed by atoms with Gasteiger partial charge in [-0.3, -0.25) is 9.48 Å². The number of fused-ring (bicyclic) bond motifs is 1. The van der Waals surface area contributed by atoms with Crippen molar-refractivity contribution in [3.05, 3.63) is 30.6 Å². The van der Waals surface area contributed by atoms with Gasteiger partial charge in [-0.1, -0.05) is 0 Å². The van der Waals surface area contributed by atoms with Gasteiger partial charge in [0.15, 0.2) is 11.5 Å². The van der Waals surface area contributed by atoms with Crippen molar-refractivity contribution >= 4 is 22.9 Å². The number of piperidine rings is 1. The maximum atomic E-state index is 12.3. The third-order valence-electron chi connectivity index (χ3n) is 4.21. The normalized spacial score (nSPS) is 18.0. The molecule has 1 amide bonds. The van der Waals surface area contributed by atoms with E-state index in [9.17, 15) is 4.79 Å². The second-order valence-electron chi connectivity index (χ2n) is 5.93. The van der Waals surface area contributed by atoms with Crippen LogP contribution in [-0.4, -0.2) is 54.8 Å². The molecular weight excluding hydrogens is 308 g/mol. The minimum absolute atomic E-state index is 0.0567. The Morgan fingerprint density at radius 3 is 3.12 bits per heavy atom. The second-order valence-corrected chi connectivity index (χ2v) is 5.93. The lowest BCUT2D eigenvalue weighted by atomic mass is 10.1. The predicted molar refractivity (Wildman–Crippen MR) is 87.6 cm³/mol. The molecule has 124 valence electrons. The first kappa shape index (κ1) is 14.6. The summed E-state index contributed by atoms with van der Waals surface area (Å²) in [6, 6.07) is 1.77. The summed E-state index contributed by atoms with van der Waals surface area (Å²) >= 11 is 0. The molecule has 1 aliphatic heterocycles. The van der Waals surface area contributed by atoms with Gasteiger partial charge in [0.2, 0.25) is 0 Å². The summed E-state index contributed by atoms with van der Waals surface area (Å²) in [7, 11) is 1.80. The predicted octanol–water partition coefficient (Wildman–Crippen LogP) is 0.485. The molecule has 3 aromatic heterocycles. The zero-order chi connectivity index (χ0) is 16.5. The highest BCUT2D eigenvalue weighted by molar-refractivity contribution is 5.92. The Bertz CT molecular complexity index is 869. The maximum absolute atomic E-state index is 12.3. The van der Waals surface area contributed by atoms with Crippen LogP contribution in [0, 0.1) is 0 Å². The van der Waals surface area contributed by atoms with Crippen molar-refractivity contribution < 1.29 is 4.79 Å². The number of imidazole rings is 1. The van der Waals surface area contributed by atoms with E-state index in [0.29, 0.717) is 17.9 Å². The van der Waals surface area contributed by atoms with Crippen LogP contribution < -0.4 is 10.2 Å². The average Bonchev–Trinajstić information content (AvgIpc) is 3.23. The smallest absolute Gasteiger partial charge is 0.272 e. The summed E-state index contributed by atoms with van der Waals surface area (Å²) in [4.78, 5) is 30.3. The van der Waals surface area contributed by atoms with Gasteiger partial charge in [-0.15, -0.1) is 0 Å². The van der Waals surface area contributed by atoms with Crippen molar-refractivity contribution in [3.8, 4) is 0 Å². The van der Waals surface area contributed by atoms with Gasteiger partial charge in [0.05, 0.1) is 6.33 Å². The standard InChI is InChI=1S/C15H18N8O/c1-22-6-4-11(21-22)15(24)20-10-3-2-5-23(7-10)14-12-13(17-8-16-12)18-9-19-14/h4,6,8-10H,2-3,5,7H2,1H3,(H,20,24)(H,16,17,18,19). The van der Waals surface area contributed by atoms with Crippen LogP contribution in [0.4, 0.5) is 5.82 Å². The average molecular weight is 326 g/mol. The van der Waals surface area contributed by atoms with Crippen LogP contribution in [0.2, 0.25) is 0 Å². The number of aryl methyl sites for hydroxylation is 1. The number of H-pyrrole nitrogens is 1. The first-order valence-corrected chi connectivity index (χ1v) is 7.90. The zero-order valence-corrected chi connectivity index (χ0v) is 13.3. The van der Waals surface area contributed by atoms with Gasteiger partial charge >= 0.3 is 0 Å². The fourth-order valence-electron chi connectivity index (χ4n) is 3.07. The summed E-state index contributed by atoms with van der Waals surface area (Å²) in [6.45, 7) is 1.59. The third kappa shape index (κ3) is 2.68. The maximum Gasteiger partial charge on any atom is 0.272 e. The van der Waals surface area contributed by atoms with Crippen LogP contribution in [0.5, 0.6) is 0 Å². The van der Waals surface area contributed by atoms with Gasteiger partial charge in [0.1, 0.15) is 17.5 Å². The van der Waals surface area contributed by atoms with Gasteiger partial charge in [0, 0.05) is 32.4 Å². The van der Waals surface area contributed by atoms with E-state index >= 15 is 0 Å². The van der Waals surface area contributed by atoms with E-state index in [1.165, 1.54) is 6.33 Å². The lowest BCUT2D eigenvalue weighted by Gasteiger charge is -2.33. The van der Waals surface area contributed by atoms with E-state index in [-0.39, 0.29) is 11.9 Å². The zero-order valence-electron chi connectivity index (χ0n) is 13.3. The van der Waals surface area contributed by atoms with Crippen LogP contribution in [0.3, 0.4) is 0 Å². The summed E-state index contributed by atoms with van der Waals surface area (Å²) in [5.74, 6) is 0.686. The number of carbonyl (C=O) groups excluding carboxylic acids is 1. The molecule has 0 aliphatic carbocycles. The molecule has 1 atom stereocenters. The summed E-state index contributed by atoms with van der Waals surface area (Å²) in [5.41, 5.74) is 1.92. The third-order valence-corrected chi connectivity index (χ3v) is 4.21. The summed E-state index contributed by atoms with van der Waals surface area (Å²) < 4.78 is 1.62. The molecule has 9 heteroatoms. The Morgan fingerprint density at radius 2 is 2.29 bits per heavy atom. The molecule has 0 saturated carbocycles. The Hall–Kier alpha value is -2.97. The molecule has 24 heavy (non-hydrogen) atoms. The van der Waals surface area contributed by atoms with Crippen molar-refractivity contribution in [2.24, 2.45) is 7.05 Å². The van der Waals surface area contributed by atoms with Crippen LogP contribution in [0.25, 0.3) is 11.2 Å². The highest BCUT2D eigenvalue weighted by Gasteiger charge is 2.25. The topological polar surface area (TPSA) is 105 Å². The number of hydrogen-bond donors (Lipinski definition) is 2. The molecule has 1 aliphatic rings. The van der Waals surface area contributed by atoms with Gasteiger partial charge in [-0.2, -0.15) is 5.10 Å². The Balaban J connectivity index is 1.49. The Labute approximate surface area is 138 Å². The monoisotopic (exact) mass is 326 g/mol. The largest absolute Gasteiger partial charge is 0.353 e. The SMILES string of the molecule is Cn1ccc(C(=O)NC2CCCN(c3ncnc4nc[nH]c34)C2)n1. The van der Waals surface area contributed by atoms with Crippen molar-refractivity contribution in [3.63, 3.8) is 0 Å². The van der Waals surface area contributed by atoms with Gasteiger partial charge < -0.3 is 15.2 Å². The quantitative estimate of drug-likeness (QED) is 0.725. The van der Waals surface area contributed by atoms with Crippen LogP contribution in [0.1, 0.15) is 23.3 Å². The minimum atomic E-state index is -0.142. The Kier molecular flexibility index (Phi) is 3.60. The molecule has 0 spiro atoms. The Morgan fingerprint density at radius 1 is 1.38 bits per heavy atom. The van der Waals surface area contributed by atoms with Gasteiger partial charge in [-0.25, -0.2) is 15.0 Å². The van der Waals surface area contributed by atoms with Crippen LogP contribution in [0.15, 0.2) is 24.9 Å². The van der Waals surface area contributed by atoms with Gasteiger partial charge in [0.25, 0.3) is 5.91 Å². The molecule has 1 saturated heterocycles. The number of carbonyl (C=O) groups is 1. The van der Waals surface area contributed by atoms with E-state index < -0.39 is 0 Å². The van der Waals surface area contributed by atoms with Crippen LogP contribution >= 0.6 is 0 Å². The first-order valence-electron chi connectivity index (χ1n) is 7.90. The number of rotatable bonds is 3. The molecule has 4 heterocycles. The molecule has 3 aromatic rings. The number of nitrogens with zero attached hydrogens (tertiary/aromatic N) is 6. The van der Waals surface area contributed by atoms with E-state index in [1.54, 1.807) is 30.3 Å². The van der Waals surface area contributed by atoms with Crippen molar-refractivity contribution in [2.75, 3.05) is 18.0 Å². The highest BCUT2D eigenvalue weighted by Crippen LogP contribution is 2.23.